The Hall–Kier alpha value is -0.530. The molecule has 0 aromatic heterocycles. The summed E-state index contributed by atoms with van der Waals surface area (Å²) < 4.78 is 4.83. The number of guanidine groups is 1. The fourth-order valence-corrected chi connectivity index (χ4v) is 1.14. The number of esters is 1. The highest BCUT2D eigenvalue weighted by Crippen LogP contribution is 1.91. The van der Waals surface area contributed by atoms with Crippen LogP contribution in [0.15, 0.2) is 4.99 Å². The van der Waals surface area contributed by atoms with Gasteiger partial charge in [0.2, 0.25) is 0 Å². The third-order valence-corrected chi connectivity index (χ3v) is 1.92. The first-order valence-corrected chi connectivity index (χ1v) is 5.84. The summed E-state index contributed by atoms with van der Waals surface area (Å²) in [5, 5.41) is 6.29. The molecule has 0 aromatic carbocycles. The molecule has 0 bridgehead atoms. The third-order valence-electron chi connectivity index (χ3n) is 1.92. The molecule has 0 atom stereocenters. The van der Waals surface area contributed by atoms with Crippen molar-refractivity contribution in [2.24, 2.45) is 4.99 Å². The summed E-state index contributed by atoms with van der Waals surface area (Å²) in [5.41, 5.74) is 0. The van der Waals surface area contributed by atoms with E-state index in [1.807, 2.05) is 6.92 Å². The summed E-state index contributed by atoms with van der Waals surface area (Å²) in [5.74, 6) is 0.645. The van der Waals surface area contributed by atoms with E-state index in [0.717, 1.165) is 31.9 Å². The third kappa shape index (κ3) is 11.7. The second kappa shape index (κ2) is 13.5. The van der Waals surface area contributed by atoms with Crippen LogP contribution in [0, 0.1) is 0 Å². The Kier molecular flexibility index (Phi) is 15.0. The smallest absolute Gasteiger partial charge is 0.305 e. The van der Waals surface area contributed by atoms with E-state index < -0.39 is 0 Å². The van der Waals surface area contributed by atoms with E-state index >= 15 is 0 Å². The van der Waals surface area contributed by atoms with Gasteiger partial charge in [-0.15, -0.1) is 24.0 Å². The van der Waals surface area contributed by atoms with E-state index in [4.69, 9.17) is 4.74 Å². The molecule has 0 unspecified atom stereocenters. The number of halogens is 1. The highest BCUT2D eigenvalue weighted by Gasteiger charge is 2.01. The minimum Gasteiger partial charge on any atom is -0.466 e. The van der Waals surface area contributed by atoms with Crippen LogP contribution in [0.4, 0.5) is 0 Å². The predicted octanol–water partition coefficient (Wildman–Crippen LogP) is 1.52. The van der Waals surface area contributed by atoms with Gasteiger partial charge in [0.25, 0.3) is 0 Å². The molecule has 0 radical (unpaired) electrons. The second-order valence-corrected chi connectivity index (χ2v) is 3.33. The molecular weight excluding hydrogens is 333 g/mol. The maximum absolute atomic E-state index is 11.0. The van der Waals surface area contributed by atoms with Crippen LogP contribution in [-0.4, -0.2) is 38.7 Å². The fraction of sp³-hybridized carbons (Fsp3) is 0.818. The zero-order chi connectivity index (χ0) is 12.2. The van der Waals surface area contributed by atoms with Gasteiger partial charge in [0.15, 0.2) is 5.96 Å². The van der Waals surface area contributed by atoms with E-state index in [0.29, 0.717) is 13.0 Å². The molecule has 0 aromatic rings. The van der Waals surface area contributed by atoms with E-state index in [9.17, 15) is 4.79 Å². The van der Waals surface area contributed by atoms with Crippen molar-refractivity contribution in [2.75, 3.05) is 26.7 Å². The molecule has 0 aliphatic carbocycles. The Bertz CT molecular complexity index is 223. The van der Waals surface area contributed by atoms with Gasteiger partial charge in [-0.25, -0.2) is 0 Å². The van der Waals surface area contributed by atoms with Gasteiger partial charge in [-0.2, -0.15) is 0 Å². The summed E-state index contributed by atoms with van der Waals surface area (Å²) in [6, 6.07) is 0. The number of hydrogen-bond acceptors (Lipinski definition) is 3. The Morgan fingerprint density at radius 3 is 2.41 bits per heavy atom. The molecule has 2 N–H and O–H groups in total. The van der Waals surface area contributed by atoms with Crippen LogP contribution in [0.3, 0.4) is 0 Å². The summed E-state index contributed by atoms with van der Waals surface area (Å²) >= 11 is 0. The Balaban J connectivity index is 0. The van der Waals surface area contributed by atoms with Gasteiger partial charge in [0.05, 0.1) is 6.61 Å². The zero-order valence-corrected chi connectivity index (χ0v) is 13.2. The first-order chi connectivity index (χ1) is 7.74. The highest BCUT2D eigenvalue weighted by atomic mass is 127. The SMILES string of the molecule is CCCNC(=NC)NCCCC(=O)OCC.I. The van der Waals surface area contributed by atoms with Crippen molar-refractivity contribution in [1.29, 1.82) is 0 Å². The molecule has 17 heavy (non-hydrogen) atoms. The number of ether oxygens (including phenoxy) is 1. The number of nitrogens with zero attached hydrogens (tertiary/aromatic N) is 1. The quantitative estimate of drug-likeness (QED) is 0.239. The fourth-order valence-electron chi connectivity index (χ4n) is 1.14. The van der Waals surface area contributed by atoms with Crippen LogP contribution < -0.4 is 10.6 Å². The lowest BCUT2D eigenvalue weighted by molar-refractivity contribution is -0.143. The van der Waals surface area contributed by atoms with E-state index in [-0.39, 0.29) is 29.9 Å². The van der Waals surface area contributed by atoms with Gasteiger partial charge in [-0.3, -0.25) is 9.79 Å². The van der Waals surface area contributed by atoms with Gasteiger partial charge in [-0.05, 0) is 19.8 Å². The maximum Gasteiger partial charge on any atom is 0.305 e. The number of carbonyl (C=O) groups is 1. The molecule has 0 spiro atoms. The zero-order valence-electron chi connectivity index (χ0n) is 10.9. The van der Waals surface area contributed by atoms with Crippen LogP contribution in [0.5, 0.6) is 0 Å². The summed E-state index contributed by atoms with van der Waals surface area (Å²) in [4.78, 5) is 15.1. The van der Waals surface area contributed by atoms with Crippen molar-refractivity contribution < 1.29 is 9.53 Å². The van der Waals surface area contributed by atoms with Crippen molar-refractivity contribution in [3.63, 3.8) is 0 Å². The van der Waals surface area contributed by atoms with Crippen molar-refractivity contribution in [3.8, 4) is 0 Å². The number of nitrogens with one attached hydrogen (secondary N) is 2. The summed E-state index contributed by atoms with van der Waals surface area (Å²) in [6.07, 6.45) is 2.26. The lowest BCUT2D eigenvalue weighted by Gasteiger charge is -2.10. The number of hydrogen-bond donors (Lipinski definition) is 2. The van der Waals surface area contributed by atoms with Crippen molar-refractivity contribution >= 4 is 35.9 Å². The Morgan fingerprint density at radius 1 is 1.24 bits per heavy atom. The largest absolute Gasteiger partial charge is 0.466 e. The summed E-state index contributed by atoms with van der Waals surface area (Å²) in [7, 11) is 1.73. The molecule has 102 valence electrons. The molecular formula is C11H24IN3O2. The van der Waals surface area contributed by atoms with Gasteiger partial charge in [0.1, 0.15) is 0 Å². The van der Waals surface area contributed by atoms with Crippen molar-refractivity contribution in [1.82, 2.24) is 10.6 Å². The normalized spacial score (nSPS) is 10.4. The van der Waals surface area contributed by atoms with Gasteiger partial charge in [0, 0.05) is 26.6 Å². The van der Waals surface area contributed by atoms with Crippen LogP contribution in [-0.2, 0) is 9.53 Å². The van der Waals surface area contributed by atoms with Crippen LogP contribution in [0.1, 0.15) is 33.1 Å². The second-order valence-electron chi connectivity index (χ2n) is 3.33. The monoisotopic (exact) mass is 357 g/mol. The lowest BCUT2D eigenvalue weighted by atomic mass is 10.3. The first-order valence-electron chi connectivity index (χ1n) is 5.84. The van der Waals surface area contributed by atoms with E-state index in [1.54, 1.807) is 7.05 Å². The average Bonchev–Trinajstić information content (AvgIpc) is 2.28. The van der Waals surface area contributed by atoms with Gasteiger partial charge >= 0.3 is 5.97 Å². The van der Waals surface area contributed by atoms with E-state index in [2.05, 4.69) is 22.5 Å². The Labute approximate surface area is 121 Å². The van der Waals surface area contributed by atoms with Crippen molar-refractivity contribution in [3.05, 3.63) is 0 Å². The van der Waals surface area contributed by atoms with Crippen LogP contribution in [0.2, 0.25) is 0 Å². The number of aliphatic imine (C=N–C) groups is 1. The summed E-state index contributed by atoms with van der Waals surface area (Å²) in [6.45, 7) is 5.99. The minimum atomic E-state index is -0.138. The van der Waals surface area contributed by atoms with Gasteiger partial charge < -0.3 is 15.4 Å². The molecule has 6 heteroatoms. The molecule has 0 rings (SSSR count). The Morgan fingerprint density at radius 2 is 1.88 bits per heavy atom. The number of rotatable bonds is 7. The first kappa shape index (κ1) is 18.8. The molecule has 0 heterocycles. The number of carbonyl (C=O) groups excluding carboxylic acids is 1. The highest BCUT2D eigenvalue weighted by molar-refractivity contribution is 14.0. The molecule has 0 amide bonds. The minimum absolute atomic E-state index is 0. The van der Waals surface area contributed by atoms with Gasteiger partial charge in [-0.1, -0.05) is 6.92 Å². The topological polar surface area (TPSA) is 62.7 Å². The molecule has 5 nitrogen and oxygen atoms in total. The predicted molar refractivity (Wildman–Crippen MR) is 80.9 cm³/mol. The molecule has 0 aliphatic heterocycles. The van der Waals surface area contributed by atoms with Crippen LogP contribution in [0.25, 0.3) is 0 Å². The standard InChI is InChI=1S/C11H23N3O2.HI/c1-4-8-13-11(12-3)14-9-6-7-10(15)16-5-2;/h4-9H2,1-3H3,(H2,12,13,14);1H. The average molecular weight is 357 g/mol. The molecule has 0 aliphatic rings. The van der Waals surface area contributed by atoms with Crippen molar-refractivity contribution in [2.45, 2.75) is 33.1 Å². The van der Waals surface area contributed by atoms with Crippen LogP contribution >= 0.6 is 24.0 Å². The molecule has 0 saturated carbocycles. The maximum atomic E-state index is 11.0. The lowest BCUT2D eigenvalue weighted by Crippen LogP contribution is -2.38. The van der Waals surface area contributed by atoms with E-state index in [1.165, 1.54) is 0 Å². The molecule has 0 fully saturated rings. The molecule has 0 saturated heterocycles.